The number of aliphatic imine (C=N–C) groups is 1. The molecule has 0 aromatic heterocycles. The molecule has 1 aliphatic carbocycles. The van der Waals surface area contributed by atoms with Gasteiger partial charge < -0.3 is 5.32 Å². The van der Waals surface area contributed by atoms with E-state index in [1.54, 1.807) is 11.8 Å². The van der Waals surface area contributed by atoms with Gasteiger partial charge >= 0.3 is 0 Å². The first kappa shape index (κ1) is 12.4. The molecule has 4 heteroatoms. The van der Waals surface area contributed by atoms with Crippen molar-refractivity contribution in [1.82, 2.24) is 0 Å². The minimum absolute atomic E-state index is 0.583. The number of thioether (sulfide) groups is 2. The molecule has 1 saturated carbocycles. The highest BCUT2D eigenvalue weighted by Crippen LogP contribution is 2.35. The van der Waals surface area contributed by atoms with Gasteiger partial charge in [0.25, 0.3) is 0 Å². The van der Waals surface area contributed by atoms with Crippen molar-refractivity contribution in [2.45, 2.75) is 30.2 Å². The third-order valence-electron chi connectivity index (χ3n) is 3.68. The van der Waals surface area contributed by atoms with Gasteiger partial charge in [0.1, 0.15) is 0 Å². The summed E-state index contributed by atoms with van der Waals surface area (Å²) >= 11 is 3.65. The van der Waals surface area contributed by atoms with E-state index in [4.69, 9.17) is 4.99 Å². The molecule has 3 rings (SSSR count). The summed E-state index contributed by atoms with van der Waals surface area (Å²) in [6, 6.07) is 9.16. The first-order chi connectivity index (χ1) is 8.85. The van der Waals surface area contributed by atoms with Crippen LogP contribution in [0.15, 0.2) is 34.2 Å². The fourth-order valence-electron chi connectivity index (χ4n) is 2.62. The molecule has 0 radical (unpaired) electrons. The van der Waals surface area contributed by atoms with E-state index in [9.17, 15) is 0 Å². The minimum atomic E-state index is 0.583. The first-order valence-electron chi connectivity index (χ1n) is 6.47. The molecule has 1 aromatic carbocycles. The fourth-order valence-corrected chi connectivity index (χ4v) is 4.19. The third-order valence-corrected chi connectivity index (χ3v) is 5.50. The summed E-state index contributed by atoms with van der Waals surface area (Å²) in [6.07, 6.45) is 6.11. The molecule has 1 N–H and O–H groups in total. The Bertz CT molecular complexity index is 442. The van der Waals surface area contributed by atoms with Crippen molar-refractivity contribution in [3.63, 3.8) is 0 Å². The van der Waals surface area contributed by atoms with E-state index in [2.05, 4.69) is 35.8 Å². The predicted octanol–water partition coefficient (Wildman–Crippen LogP) is 4.09. The lowest BCUT2D eigenvalue weighted by atomic mass is 10.1. The molecule has 2 aliphatic rings. The monoisotopic (exact) mass is 278 g/mol. The molecule has 0 amide bonds. The van der Waals surface area contributed by atoms with E-state index in [1.807, 2.05) is 11.8 Å². The Hall–Kier alpha value is -0.610. The van der Waals surface area contributed by atoms with Gasteiger partial charge in [-0.05, 0) is 49.3 Å². The van der Waals surface area contributed by atoms with E-state index in [-0.39, 0.29) is 0 Å². The molecular formula is C14H18N2S2. The molecule has 1 aliphatic heterocycles. The maximum Gasteiger partial charge on any atom is 0.161 e. The second-order valence-electron chi connectivity index (χ2n) is 4.86. The van der Waals surface area contributed by atoms with Crippen LogP contribution < -0.4 is 5.32 Å². The Labute approximate surface area is 117 Å². The molecule has 0 spiro atoms. The largest absolute Gasteiger partial charge is 0.335 e. The van der Waals surface area contributed by atoms with Gasteiger partial charge in [-0.3, -0.25) is 4.99 Å². The van der Waals surface area contributed by atoms with Crippen molar-refractivity contribution in [2.24, 2.45) is 10.9 Å². The topological polar surface area (TPSA) is 24.4 Å². The van der Waals surface area contributed by atoms with Gasteiger partial charge in [0.05, 0.1) is 6.04 Å². The SMILES string of the molecule is CSc1ccc(NC2=NC3CCCC3CS2)cc1. The summed E-state index contributed by atoms with van der Waals surface area (Å²) in [4.78, 5) is 6.15. The van der Waals surface area contributed by atoms with Crippen LogP contribution in [0.3, 0.4) is 0 Å². The Balaban J connectivity index is 1.68. The van der Waals surface area contributed by atoms with Crippen molar-refractivity contribution in [3.8, 4) is 0 Å². The average Bonchev–Trinajstić information content (AvgIpc) is 2.87. The molecule has 2 nitrogen and oxygen atoms in total. The lowest BCUT2D eigenvalue weighted by molar-refractivity contribution is 0.535. The molecule has 0 bridgehead atoms. The zero-order valence-electron chi connectivity index (χ0n) is 10.6. The molecule has 1 heterocycles. The maximum atomic E-state index is 4.84. The molecule has 0 saturated heterocycles. The van der Waals surface area contributed by atoms with Crippen LogP contribution in [-0.4, -0.2) is 23.2 Å². The number of hydrogen-bond acceptors (Lipinski definition) is 4. The van der Waals surface area contributed by atoms with Crippen LogP contribution in [0.25, 0.3) is 0 Å². The highest BCUT2D eigenvalue weighted by atomic mass is 32.2. The quantitative estimate of drug-likeness (QED) is 0.825. The number of amidine groups is 1. The van der Waals surface area contributed by atoms with Crippen molar-refractivity contribution in [2.75, 3.05) is 17.3 Å². The van der Waals surface area contributed by atoms with Gasteiger partial charge in [0.15, 0.2) is 5.17 Å². The van der Waals surface area contributed by atoms with Gasteiger partial charge in [-0.25, -0.2) is 0 Å². The van der Waals surface area contributed by atoms with E-state index in [0.29, 0.717) is 6.04 Å². The van der Waals surface area contributed by atoms with Crippen LogP contribution in [0.5, 0.6) is 0 Å². The van der Waals surface area contributed by atoms with E-state index < -0.39 is 0 Å². The van der Waals surface area contributed by atoms with Gasteiger partial charge in [-0.15, -0.1) is 11.8 Å². The number of nitrogens with zero attached hydrogens (tertiary/aromatic N) is 1. The summed E-state index contributed by atoms with van der Waals surface area (Å²) < 4.78 is 0. The van der Waals surface area contributed by atoms with Crippen LogP contribution in [-0.2, 0) is 0 Å². The number of fused-ring (bicyclic) bond motifs is 1. The second-order valence-corrected chi connectivity index (χ2v) is 6.75. The van der Waals surface area contributed by atoms with Crippen molar-refractivity contribution >= 4 is 34.4 Å². The fraction of sp³-hybridized carbons (Fsp3) is 0.500. The van der Waals surface area contributed by atoms with Crippen molar-refractivity contribution in [1.29, 1.82) is 0 Å². The highest BCUT2D eigenvalue weighted by molar-refractivity contribution is 8.14. The lowest BCUT2D eigenvalue weighted by Crippen LogP contribution is -2.25. The van der Waals surface area contributed by atoms with Crippen LogP contribution in [0.4, 0.5) is 5.69 Å². The summed E-state index contributed by atoms with van der Waals surface area (Å²) in [5.41, 5.74) is 1.15. The Morgan fingerprint density at radius 2 is 2.11 bits per heavy atom. The van der Waals surface area contributed by atoms with Gasteiger partial charge in [-0.1, -0.05) is 18.2 Å². The van der Waals surface area contributed by atoms with Gasteiger partial charge in [0, 0.05) is 16.3 Å². The predicted molar refractivity (Wildman–Crippen MR) is 82.9 cm³/mol. The smallest absolute Gasteiger partial charge is 0.161 e. The first-order valence-corrected chi connectivity index (χ1v) is 8.68. The van der Waals surface area contributed by atoms with Gasteiger partial charge in [-0.2, -0.15) is 0 Å². The van der Waals surface area contributed by atoms with Crippen molar-refractivity contribution < 1.29 is 0 Å². The number of nitrogens with one attached hydrogen (secondary N) is 1. The molecular weight excluding hydrogens is 260 g/mol. The summed E-state index contributed by atoms with van der Waals surface area (Å²) in [5.74, 6) is 2.07. The van der Waals surface area contributed by atoms with E-state index in [1.165, 1.54) is 29.9 Å². The second kappa shape index (κ2) is 5.57. The number of benzene rings is 1. The number of hydrogen-bond donors (Lipinski definition) is 1. The number of anilines is 1. The van der Waals surface area contributed by atoms with Crippen LogP contribution in [0.2, 0.25) is 0 Å². The molecule has 2 atom stereocenters. The Kier molecular flexibility index (Phi) is 3.85. The molecule has 2 unspecified atom stereocenters. The van der Waals surface area contributed by atoms with E-state index >= 15 is 0 Å². The third kappa shape index (κ3) is 2.69. The van der Waals surface area contributed by atoms with Crippen LogP contribution >= 0.6 is 23.5 Å². The zero-order chi connectivity index (χ0) is 12.4. The molecule has 1 fully saturated rings. The lowest BCUT2D eigenvalue weighted by Gasteiger charge is -2.23. The summed E-state index contributed by atoms with van der Waals surface area (Å²) in [7, 11) is 0. The van der Waals surface area contributed by atoms with Crippen molar-refractivity contribution in [3.05, 3.63) is 24.3 Å². The highest BCUT2D eigenvalue weighted by Gasteiger charge is 2.30. The summed E-state index contributed by atoms with van der Waals surface area (Å²) in [6.45, 7) is 0. The van der Waals surface area contributed by atoms with Crippen LogP contribution in [0, 0.1) is 5.92 Å². The van der Waals surface area contributed by atoms with Gasteiger partial charge in [0.2, 0.25) is 0 Å². The Morgan fingerprint density at radius 1 is 1.28 bits per heavy atom. The maximum absolute atomic E-state index is 4.84. The molecule has 96 valence electrons. The van der Waals surface area contributed by atoms with E-state index in [0.717, 1.165) is 16.8 Å². The minimum Gasteiger partial charge on any atom is -0.335 e. The molecule has 18 heavy (non-hydrogen) atoms. The standard InChI is InChI=1S/C14H18N2S2/c1-17-12-7-5-11(6-8-12)15-14-16-13-4-2-3-10(13)9-18-14/h5-8,10,13H,2-4,9H2,1H3,(H,15,16). The zero-order valence-corrected chi connectivity index (χ0v) is 12.2. The average molecular weight is 278 g/mol. The summed E-state index contributed by atoms with van der Waals surface area (Å²) in [5, 5.41) is 4.56. The number of rotatable bonds is 2. The Morgan fingerprint density at radius 3 is 2.89 bits per heavy atom. The van der Waals surface area contributed by atoms with Crippen LogP contribution in [0.1, 0.15) is 19.3 Å². The molecule has 1 aromatic rings. The normalized spacial score (nSPS) is 26.6.